The van der Waals surface area contributed by atoms with Gasteiger partial charge in [-0.3, -0.25) is 33.7 Å². The number of fused-ring (bicyclic) bond motifs is 1. The van der Waals surface area contributed by atoms with Gasteiger partial charge in [0.2, 0.25) is 23.2 Å². The molecule has 8 N–H and O–H groups in total. The second-order valence-corrected chi connectivity index (χ2v) is 19.2. The van der Waals surface area contributed by atoms with Gasteiger partial charge in [-0.2, -0.15) is 0 Å². The molecule has 0 unspecified atom stereocenters. The summed E-state index contributed by atoms with van der Waals surface area (Å²) in [6.07, 6.45) is 4.91. The zero-order valence-corrected chi connectivity index (χ0v) is 39.8. The number of aromatic carboxylic acids is 1. The van der Waals surface area contributed by atoms with Crippen molar-refractivity contribution in [1.82, 2.24) is 30.7 Å². The molecule has 20 nitrogen and oxygen atoms in total. The molecule has 0 radical (unpaired) electrons. The van der Waals surface area contributed by atoms with E-state index in [0.717, 1.165) is 17.2 Å². The maximum absolute atomic E-state index is 15.9. The molecule has 1 aromatic heterocycles. The highest BCUT2D eigenvalue weighted by molar-refractivity contribution is 6.38. The Balaban J connectivity index is 0.918. The summed E-state index contributed by atoms with van der Waals surface area (Å²) in [6, 6.07) is 3.23. The van der Waals surface area contributed by atoms with Gasteiger partial charge >= 0.3 is 18.1 Å². The van der Waals surface area contributed by atoms with Crippen LogP contribution in [0.2, 0.25) is 5.02 Å². The third-order valence-electron chi connectivity index (χ3n) is 13.2. The first-order valence-corrected chi connectivity index (χ1v) is 23.8. The van der Waals surface area contributed by atoms with Gasteiger partial charge in [0.15, 0.2) is 0 Å². The Labute approximate surface area is 411 Å². The molecule has 7 rings (SSSR count). The maximum Gasteiger partial charge on any atom is 0.407 e. The minimum absolute atomic E-state index is 0.0298. The molecule has 23 heteroatoms. The normalized spacial score (nSPS) is 19.4. The van der Waals surface area contributed by atoms with Crippen LogP contribution in [0.3, 0.4) is 0 Å². The van der Waals surface area contributed by atoms with Crippen molar-refractivity contribution in [2.45, 2.75) is 109 Å². The minimum atomic E-state index is -1.53. The van der Waals surface area contributed by atoms with Crippen LogP contribution in [0.15, 0.2) is 53.5 Å². The number of pyridine rings is 1. The lowest BCUT2D eigenvalue weighted by Crippen LogP contribution is -2.54. The number of carboxylic acids is 1. The van der Waals surface area contributed by atoms with Crippen molar-refractivity contribution in [2.24, 2.45) is 17.1 Å². The first-order chi connectivity index (χ1) is 33.8. The number of carboxylic acid groups (broad SMARTS) is 1. The molecule has 3 aromatic rings. The second kappa shape index (κ2) is 21.9. The number of hydrogen-bond acceptors (Lipinski definition) is 11. The number of imide groups is 1. The van der Waals surface area contributed by atoms with Crippen LogP contribution in [0, 0.1) is 17.2 Å². The molecule has 2 aliphatic heterocycles. The summed E-state index contributed by atoms with van der Waals surface area (Å²) in [4.78, 5) is 116. The molecule has 1 saturated heterocycles. The van der Waals surface area contributed by atoms with Crippen LogP contribution in [-0.2, 0) is 35.3 Å². The predicted octanol–water partition coefficient (Wildman–Crippen LogP) is 4.17. The molecule has 2 aliphatic carbocycles. The highest BCUT2D eigenvalue weighted by atomic mass is 35.5. The number of anilines is 2. The number of nitrogens with zero attached hydrogens (tertiary/aromatic N) is 3. The molecule has 3 fully saturated rings. The van der Waals surface area contributed by atoms with Gasteiger partial charge in [-0.1, -0.05) is 44.0 Å². The fourth-order valence-electron chi connectivity index (χ4n) is 9.04. The van der Waals surface area contributed by atoms with Crippen molar-refractivity contribution < 1.29 is 57.0 Å². The van der Waals surface area contributed by atoms with E-state index in [1.807, 2.05) is 0 Å². The summed E-state index contributed by atoms with van der Waals surface area (Å²) in [5, 5.41) is 22.7. The number of urea groups is 1. The van der Waals surface area contributed by atoms with Crippen molar-refractivity contribution in [3.63, 3.8) is 0 Å². The predicted molar refractivity (Wildman–Crippen MR) is 255 cm³/mol. The molecule has 5 atom stereocenters. The number of carbonyl (C=O) groups excluding carboxylic acids is 7. The van der Waals surface area contributed by atoms with Crippen LogP contribution in [0.5, 0.6) is 0 Å². The van der Waals surface area contributed by atoms with Crippen molar-refractivity contribution in [3.8, 4) is 0 Å². The van der Waals surface area contributed by atoms with Crippen LogP contribution >= 0.6 is 11.6 Å². The number of rotatable bonds is 22. The molecule has 1 spiro atoms. The third kappa shape index (κ3) is 12.3. The van der Waals surface area contributed by atoms with Gasteiger partial charge in [-0.25, -0.2) is 23.2 Å². The van der Waals surface area contributed by atoms with Crippen molar-refractivity contribution in [1.29, 1.82) is 0 Å². The number of amides is 8. The fourth-order valence-corrected chi connectivity index (χ4v) is 9.45. The van der Waals surface area contributed by atoms with Crippen molar-refractivity contribution in [2.75, 3.05) is 36.4 Å². The summed E-state index contributed by atoms with van der Waals surface area (Å²) in [5.74, 6) is -5.08. The molecule has 0 bridgehead atoms. The zero-order chi connectivity index (χ0) is 51.3. The Kier molecular flexibility index (Phi) is 16.0. The lowest BCUT2D eigenvalue weighted by Gasteiger charge is -2.25. The van der Waals surface area contributed by atoms with E-state index in [-0.39, 0.29) is 97.2 Å². The SMILES string of the molecule is CC(C)[C@H](NC(=O)CCCCCN1C(=O)C=CC1=O)C(=O)N[C@@H](CCCNC(N)=O)C(=O)Nc1ccc(COC(=O)N[C@@H]2CN(c3c(F)cc4c(=O)c(C(=O)O)cn([C@@H]5C[C@@H]5F)c4c3Cl)CC23CC3)cc1. The molecule has 4 aliphatic rings. The number of alkyl halides is 1. The molecule has 71 heavy (non-hydrogen) atoms. The summed E-state index contributed by atoms with van der Waals surface area (Å²) >= 11 is 6.82. The van der Waals surface area contributed by atoms with Crippen LogP contribution in [0.25, 0.3) is 10.9 Å². The molecule has 380 valence electrons. The first-order valence-electron chi connectivity index (χ1n) is 23.5. The molecule has 3 heterocycles. The summed E-state index contributed by atoms with van der Waals surface area (Å²) < 4.78 is 37.1. The maximum atomic E-state index is 15.9. The van der Waals surface area contributed by atoms with E-state index in [4.69, 9.17) is 22.1 Å². The Morgan fingerprint density at radius 3 is 2.28 bits per heavy atom. The zero-order valence-electron chi connectivity index (χ0n) is 39.1. The monoisotopic (exact) mass is 1010 g/mol. The van der Waals surface area contributed by atoms with Gasteiger partial charge in [-0.05, 0) is 68.2 Å². The summed E-state index contributed by atoms with van der Waals surface area (Å²) in [5.41, 5.74) is 4.09. The number of alkyl carbamates (subject to hydrolysis) is 1. The number of ether oxygens (including phenoxy) is 1. The van der Waals surface area contributed by atoms with E-state index in [2.05, 4.69) is 26.6 Å². The number of nitrogens with two attached hydrogens (primary N) is 1. The van der Waals surface area contributed by atoms with Crippen molar-refractivity contribution in [3.05, 3.63) is 80.9 Å². The van der Waals surface area contributed by atoms with Gasteiger partial charge in [0.25, 0.3) is 11.8 Å². The number of hydrogen-bond donors (Lipinski definition) is 7. The molecule has 2 saturated carbocycles. The highest BCUT2D eigenvalue weighted by Gasteiger charge is 2.56. The smallest absolute Gasteiger partial charge is 0.407 e. The Morgan fingerprint density at radius 2 is 1.66 bits per heavy atom. The average Bonchev–Trinajstić information content (AvgIpc) is 4.20. The number of halogens is 3. The van der Waals surface area contributed by atoms with E-state index >= 15 is 4.39 Å². The minimum Gasteiger partial charge on any atom is -0.477 e. The van der Waals surface area contributed by atoms with E-state index in [0.29, 0.717) is 49.9 Å². The van der Waals surface area contributed by atoms with Crippen LogP contribution in [-0.4, -0.2) is 113 Å². The van der Waals surface area contributed by atoms with E-state index in [1.54, 1.807) is 43.0 Å². The number of nitrogens with one attached hydrogen (secondary N) is 5. The van der Waals surface area contributed by atoms with Crippen LogP contribution in [0.1, 0.15) is 93.6 Å². The molecular weight excluding hydrogens is 952 g/mol. The highest BCUT2D eigenvalue weighted by Crippen LogP contribution is 2.55. The summed E-state index contributed by atoms with van der Waals surface area (Å²) in [7, 11) is 0. The van der Waals surface area contributed by atoms with Gasteiger partial charge in [0, 0.05) is 68.5 Å². The fraction of sp³-hybridized carbons (Fsp3) is 0.479. The Hall–Kier alpha value is -7.10. The van der Waals surface area contributed by atoms with Gasteiger partial charge in [0.05, 0.1) is 33.7 Å². The Bertz CT molecular complexity index is 2690. The topological polar surface area (TPSA) is 281 Å². The standard InChI is InChI=1S/C48H56ClF2N9O11/c1-25(2)39(57-35(61)8-4-3-5-18-59-36(62)13-14-37(59)63)44(66)55-32(7-6-17-53-46(52)69)43(65)54-27-11-9-26(10-12-27)23-71-47(70)56-34-22-58(24-48(34)15-16-48)41-31(51)19-28-40(38(41)49)60(33-20-30(33)50)21-29(42(28)64)45(67)68/h9-14,19,21,25,30,32-34,39H,3-8,15-18,20,22-24H2,1-2H3,(H,54,65)(H,55,66)(H,56,70)(H,57,61)(H,67,68)(H3,52,53,69)/t30-,32-,33+,34+,39-/m0/s1. The average molecular weight is 1010 g/mol. The van der Waals surface area contributed by atoms with Gasteiger partial charge in [-0.15, -0.1) is 0 Å². The van der Waals surface area contributed by atoms with E-state index < -0.39 is 82.5 Å². The first kappa shape index (κ1) is 51.7. The summed E-state index contributed by atoms with van der Waals surface area (Å²) in [6.45, 7) is 4.12. The van der Waals surface area contributed by atoms with Crippen molar-refractivity contribution >= 4 is 81.5 Å². The lowest BCUT2D eigenvalue weighted by atomic mass is 10.0. The van der Waals surface area contributed by atoms with E-state index in [1.165, 1.54) is 16.7 Å². The quantitative estimate of drug-likeness (QED) is 0.0552. The molecule has 8 amide bonds. The van der Waals surface area contributed by atoms with Crippen LogP contribution < -0.4 is 42.6 Å². The van der Waals surface area contributed by atoms with Gasteiger partial charge < -0.3 is 51.6 Å². The third-order valence-corrected chi connectivity index (χ3v) is 13.6. The Morgan fingerprint density at radius 1 is 0.972 bits per heavy atom. The largest absolute Gasteiger partial charge is 0.477 e. The van der Waals surface area contributed by atoms with Crippen LogP contribution in [0.4, 0.5) is 29.7 Å². The second-order valence-electron chi connectivity index (χ2n) is 18.8. The van der Waals surface area contributed by atoms with Gasteiger partial charge in [0.1, 0.15) is 36.2 Å². The number of primary amides is 1. The number of aromatic nitrogens is 1. The molecule has 2 aromatic carbocycles. The number of unbranched alkanes of at least 4 members (excludes halogenated alkanes) is 2. The number of benzene rings is 2. The number of carbonyl (C=O) groups is 8. The van der Waals surface area contributed by atoms with E-state index in [9.17, 15) is 52.6 Å². The molecular formula is C48H56ClF2N9O11. The lowest BCUT2D eigenvalue weighted by molar-refractivity contribution is -0.137.